The maximum atomic E-state index is 11.8. The highest BCUT2D eigenvalue weighted by atomic mass is 16.5. The average molecular weight is 303 g/mol. The number of carbonyl (C=O) groups is 2. The van der Waals surface area contributed by atoms with Gasteiger partial charge in [0.05, 0.1) is 20.1 Å². The monoisotopic (exact) mass is 303 g/mol. The Morgan fingerprint density at radius 1 is 1.23 bits per heavy atom. The molecule has 1 aromatic carbocycles. The lowest BCUT2D eigenvalue weighted by Crippen LogP contribution is -2.33. The van der Waals surface area contributed by atoms with Crippen molar-refractivity contribution in [1.82, 2.24) is 10.5 Å². The summed E-state index contributed by atoms with van der Waals surface area (Å²) in [7, 11) is 1.58. The van der Waals surface area contributed by atoms with E-state index in [0.717, 1.165) is 11.3 Å². The van der Waals surface area contributed by atoms with Crippen molar-refractivity contribution in [3.05, 3.63) is 41.7 Å². The third-order valence-corrected chi connectivity index (χ3v) is 2.87. The number of ether oxygens (including phenoxy) is 1. The summed E-state index contributed by atoms with van der Waals surface area (Å²) in [6.07, 6.45) is 0.195. The molecule has 2 aromatic rings. The van der Waals surface area contributed by atoms with E-state index in [0.29, 0.717) is 11.6 Å². The van der Waals surface area contributed by atoms with Gasteiger partial charge in [0.2, 0.25) is 11.8 Å². The predicted molar refractivity (Wildman–Crippen MR) is 79.6 cm³/mol. The van der Waals surface area contributed by atoms with Crippen molar-refractivity contribution in [2.24, 2.45) is 0 Å². The van der Waals surface area contributed by atoms with Crippen LogP contribution < -0.4 is 15.4 Å². The van der Waals surface area contributed by atoms with Crippen molar-refractivity contribution in [3.8, 4) is 5.75 Å². The number of benzene rings is 1. The highest BCUT2D eigenvalue weighted by molar-refractivity contribution is 5.94. The molecule has 22 heavy (non-hydrogen) atoms. The largest absolute Gasteiger partial charge is 0.497 e. The van der Waals surface area contributed by atoms with Crippen LogP contribution in [0.15, 0.2) is 34.9 Å². The molecule has 0 atom stereocenters. The molecule has 7 heteroatoms. The SMILES string of the molecule is COc1ccc(CC(=O)NCC(=O)Nc2cc(C)on2)cc1. The fraction of sp³-hybridized carbons (Fsp3) is 0.267. The fourth-order valence-corrected chi connectivity index (χ4v) is 1.78. The lowest BCUT2D eigenvalue weighted by molar-refractivity contribution is -0.123. The van der Waals surface area contributed by atoms with Gasteiger partial charge >= 0.3 is 0 Å². The molecule has 0 unspecified atom stereocenters. The molecule has 0 fully saturated rings. The number of amides is 2. The molecular weight excluding hydrogens is 286 g/mol. The Morgan fingerprint density at radius 3 is 2.55 bits per heavy atom. The first kappa shape index (κ1) is 15.6. The van der Waals surface area contributed by atoms with Crippen LogP contribution in [0, 0.1) is 6.92 Å². The average Bonchev–Trinajstić information content (AvgIpc) is 2.91. The molecule has 1 heterocycles. The molecular formula is C15H17N3O4. The fourth-order valence-electron chi connectivity index (χ4n) is 1.78. The molecule has 0 aliphatic carbocycles. The number of hydrogen-bond donors (Lipinski definition) is 2. The number of methoxy groups -OCH3 is 1. The summed E-state index contributed by atoms with van der Waals surface area (Å²) >= 11 is 0. The molecule has 0 radical (unpaired) electrons. The summed E-state index contributed by atoms with van der Waals surface area (Å²) < 4.78 is 9.87. The summed E-state index contributed by atoms with van der Waals surface area (Å²) in [5.41, 5.74) is 0.839. The van der Waals surface area contributed by atoms with Gasteiger partial charge in [0.15, 0.2) is 5.82 Å². The van der Waals surface area contributed by atoms with E-state index in [4.69, 9.17) is 9.26 Å². The van der Waals surface area contributed by atoms with E-state index in [2.05, 4.69) is 15.8 Å². The number of aryl methyl sites for hydroxylation is 1. The normalized spacial score (nSPS) is 10.1. The van der Waals surface area contributed by atoms with Gasteiger partial charge in [-0.3, -0.25) is 9.59 Å². The van der Waals surface area contributed by atoms with Crippen LogP contribution in [-0.4, -0.2) is 30.6 Å². The molecule has 7 nitrogen and oxygen atoms in total. The minimum atomic E-state index is -0.364. The molecule has 2 amide bonds. The first-order chi connectivity index (χ1) is 10.6. The number of nitrogens with one attached hydrogen (secondary N) is 2. The van der Waals surface area contributed by atoms with Gasteiger partial charge < -0.3 is 19.9 Å². The maximum absolute atomic E-state index is 11.8. The third-order valence-electron chi connectivity index (χ3n) is 2.87. The highest BCUT2D eigenvalue weighted by Gasteiger charge is 2.09. The van der Waals surface area contributed by atoms with Crippen LogP contribution in [0.25, 0.3) is 0 Å². The number of nitrogens with zero attached hydrogens (tertiary/aromatic N) is 1. The summed E-state index contributed by atoms with van der Waals surface area (Å²) in [4.78, 5) is 23.4. The van der Waals surface area contributed by atoms with Gasteiger partial charge in [0.1, 0.15) is 11.5 Å². The van der Waals surface area contributed by atoms with Crippen LogP contribution in [0.3, 0.4) is 0 Å². The first-order valence-corrected chi connectivity index (χ1v) is 6.69. The number of anilines is 1. The van der Waals surface area contributed by atoms with Gasteiger partial charge in [0, 0.05) is 6.07 Å². The van der Waals surface area contributed by atoms with E-state index in [9.17, 15) is 9.59 Å². The smallest absolute Gasteiger partial charge is 0.245 e. The van der Waals surface area contributed by atoms with Crippen LogP contribution in [0.1, 0.15) is 11.3 Å². The predicted octanol–water partition coefficient (Wildman–Crippen LogP) is 1.29. The molecule has 0 bridgehead atoms. The topological polar surface area (TPSA) is 93.5 Å². The van der Waals surface area contributed by atoms with Crippen LogP contribution >= 0.6 is 0 Å². The van der Waals surface area contributed by atoms with Crippen LogP contribution in [0.2, 0.25) is 0 Å². The molecule has 2 N–H and O–H groups in total. The van der Waals surface area contributed by atoms with Crippen molar-refractivity contribution < 1.29 is 18.8 Å². The Hall–Kier alpha value is -2.83. The molecule has 0 saturated carbocycles. The molecule has 116 valence electrons. The van der Waals surface area contributed by atoms with Gasteiger partial charge in [-0.1, -0.05) is 17.3 Å². The molecule has 2 rings (SSSR count). The van der Waals surface area contributed by atoms with Crippen LogP contribution in [-0.2, 0) is 16.0 Å². The lowest BCUT2D eigenvalue weighted by atomic mass is 10.1. The molecule has 0 aliphatic rings. The van der Waals surface area contributed by atoms with Crippen LogP contribution in [0.4, 0.5) is 5.82 Å². The van der Waals surface area contributed by atoms with E-state index in [1.54, 1.807) is 44.4 Å². The number of rotatable bonds is 6. The lowest BCUT2D eigenvalue weighted by Gasteiger charge is -2.06. The van der Waals surface area contributed by atoms with E-state index >= 15 is 0 Å². The Kier molecular flexibility index (Phi) is 5.13. The zero-order valence-electron chi connectivity index (χ0n) is 12.4. The van der Waals surface area contributed by atoms with E-state index in [1.165, 1.54) is 0 Å². The minimum absolute atomic E-state index is 0.124. The molecule has 0 spiro atoms. The second-order valence-corrected chi connectivity index (χ2v) is 4.67. The van der Waals surface area contributed by atoms with Crippen LogP contribution in [0.5, 0.6) is 5.75 Å². The van der Waals surface area contributed by atoms with E-state index in [1.807, 2.05) is 0 Å². The zero-order chi connectivity index (χ0) is 15.9. The van der Waals surface area contributed by atoms with Crippen molar-refractivity contribution in [2.45, 2.75) is 13.3 Å². The highest BCUT2D eigenvalue weighted by Crippen LogP contribution is 2.11. The van der Waals surface area contributed by atoms with E-state index in [-0.39, 0.29) is 24.8 Å². The Balaban J connectivity index is 1.75. The summed E-state index contributed by atoms with van der Waals surface area (Å²) in [6, 6.07) is 8.76. The number of hydrogen-bond acceptors (Lipinski definition) is 5. The van der Waals surface area contributed by atoms with Gasteiger partial charge in [-0.05, 0) is 24.6 Å². The standard InChI is InChI=1S/C15H17N3O4/c1-10-7-13(18-22-10)17-15(20)9-16-14(19)8-11-3-5-12(21-2)6-4-11/h3-7H,8-9H2,1-2H3,(H,16,19)(H,17,18,20). The molecule has 1 aromatic heterocycles. The third kappa shape index (κ3) is 4.62. The van der Waals surface area contributed by atoms with Crippen molar-refractivity contribution in [3.63, 3.8) is 0 Å². The summed E-state index contributed by atoms with van der Waals surface area (Å²) in [5, 5.41) is 8.70. The second-order valence-electron chi connectivity index (χ2n) is 4.67. The molecule has 0 aliphatic heterocycles. The van der Waals surface area contributed by atoms with Gasteiger partial charge in [-0.25, -0.2) is 0 Å². The Morgan fingerprint density at radius 2 is 1.95 bits per heavy atom. The maximum Gasteiger partial charge on any atom is 0.245 e. The number of carbonyl (C=O) groups excluding carboxylic acids is 2. The Labute approximate surface area is 127 Å². The van der Waals surface area contributed by atoms with Gasteiger partial charge in [0.25, 0.3) is 0 Å². The summed E-state index contributed by atoms with van der Waals surface area (Å²) in [6.45, 7) is 1.60. The minimum Gasteiger partial charge on any atom is -0.497 e. The van der Waals surface area contributed by atoms with Crippen molar-refractivity contribution >= 4 is 17.6 Å². The van der Waals surface area contributed by atoms with Crippen molar-refractivity contribution in [1.29, 1.82) is 0 Å². The second kappa shape index (κ2) is 7.26. The zero-order valence-corrected chi connectivity index (χ0v) is 12.4. The Bertz CT molecular complexity index is 649. The quantitative estimate of drug-likeness (QED) is 0.838. The van der Waals surface area contributed by atoms with Gasteiger partial charge in [-0.2, -0.15) is 0 Å². The van der Waals surface area contributed by atoms with E-state index < -0.39 is 0 Å². The summed E-state index contributed by atoms with van der Waals surface area (Å²) in [5.74, 6) is 1.05. The first-order valence-electron chi connectivity index (χ1n) is 6.69. The van der Waals surface area contributed by atoms with Gasteiger partial charge in [-0.15, -0.1) is 0 Å². The van der Waals surface area contributed by atoms with Crippen molar-refractivity contribution in [2.75, 3.05) is 19.0 Å². The number of aromatic nitrogens is 1. The molecule has 0 saturated heterocycles.